The minimum atomic E-state index is -3.98. The van der Waals surface area contributed by atoms with Crippen molar-refractivity contribution in [2.45, 2.75) is 82.5 Å². The molecular formula is C45H62ClN5O6S. The maximum absolute atomic E-state index is 13.7. The molecule has 2 aromatic carbocycles. The van der Waals surface area contributed by atoms with E-state index in [9.17, 15) is 13.2 Å². The molecule has 13 heteroatoms. The number of carbonyl (C=O) groups is 1. The molecule has 1 saturated carbocycles. The summed E-state index contributed by atoms with van der Waals surface area (Å²) >= 11 is 6.52. The Labute approximate surface area is 350 Å². The molecule has 0 radical (unpaired) electrons. The van der Waals surface area contributed by atoms with Gasteiger partial charge < -0.3 is 19.1 Å². The van der Waals surface area contributed by atoms with Gasteiger partial charge in [-0.2, -0.15) is 0 Å². The molecule has 1 saturated heterocycles. The van der Waals surface area contributed by atoms with Crippen molar-refractivity contribution in [1.82, 2.24) is 14.5 Å². The summed E-state index contributed by atoms with van der Waals surface area (Å²) in [6.45, 7) is 18.9. The lowest BCUT2D eigenvalue weighted by Gasteiger charge is -2.52. The standard InChI is InChI=1S/C45H62ClN5O6S/c1-31-9-7-18-45(55-6,29-50-21-19-49(20-22-50)23-24-56-33(3)32(2)47-5)40-14-11-37(40)27-51-28-44(17-8-10-35-25-38(46)13-15-39(35)44)30-57-42-16-12-36(26-41(42)51)43(52)48-58(53,54)34(31)4/h7,12-13,15-16,18,25-26,31,34,37,40H,5,8-11,14,17,19-24,27-30H2,1-4,6H3,(H,48,52)/b18-7+,33-32-/t31-,34+,37-,40+,44-,45+/m0/s1. The number of aryl methyl sites for hydroxylation is 1. The zero-order chi connectivity index (χ0) is 41.2. The van der Waals surface area contributed by atoms with Crippen LogP contribution in [-0.2, 0) is 31.3 Å². The molecule has 3 aliphatic heterocycles. The van der Waals surface area contributed by atoms with E-state index in [2.05, 4.69) is 55.4 Å². The average Bonchev–Trinajstić information content (AvgIpc) is 3.35. The van der Waals surface area contributed by atoms with Crippen LogP contribution in [0.15, 0.2) is 65.0 Å². The molecule has 7 rings (SSSR count). The van der Waals surface area contributed by atoms with Gasteiger partial charge in [-0.3, -0.25) is 19.6 Å². The van der Waals surface area contributed by atoms with Gasteiger partial charge in [-0.1, -0.05) is 36.7 Å². The molecule has 2 aromatic rings. The predicted octanol–water partition coefficient (Wildman–Crippen LogP) is 6.85. The van der Waals surface area contributed by atoms with Gasteiger partial charge in [0.1, 0.15) is 23.7 Å². The SMILES string of the molecule is C=N/C(C)=C(/C)OCCN1CCN(C[C@]2(OC)/C=C/C[C@H](C)[C@@H](C)S(=O)(=O)NC(=O)c3ccc4c(c3)N(C[C@@H]3CC[C@H]32)C[C@@]2(CCCc3cc(Cl)ccc32)CO4)CC1. The number of piperazine rings is 1. The molecule has 1 spiro atoms. The maximum atomic E-state index is 13.7. The van der Waals surface area contributed by atoms with Crippen LogP contribution in [0.4, 0.5) is 5.69 Å². The Bertz CT molecular complexity index is 2020. The lowest BCUT2D eigenvalue weighted by atomic mass is 9.63. The largest absolute Gasteiger partial charge is 0.495 e. The molecule has 58 heavy (non-hydrogen) atoms. The second kappa shape index (κ2) is 17.7. The molecule has 2 aliphatic carbocycles. The Kier molecular flexibility index (Phi) is 13.0. The molecule has 2 fully saturated rings. The summed E-state index contributed by atoms with van der Waals surface area (Å²) < 4.78 is 49.1. The van der Waals surface area contributed by atoms with Crippen LogP contribution in [0.1, 0.15) is 81.3 Å². The maximum Gasteiger partial charge on any atom is 0.264 e. The van der Waals surface area contributed by atoms with E-state index >= 15 is 0 Å². The predicted molar refractivity (Wildman–Crippen MR) is 232 cm³/mol. The van der Waals surface area contributed by atoms with Crippen LogP contribution in [0.3, 0.4) is 0 Å². The third kappa shape index (κ3) is 8.87. The Hall–Kier alpha value is -3.42. The Balaban J connectivity index is 1.20. The van der Waals surface area contributed by atoms with E-state index in [0.29, 0.717) is 43.4 Å². The summed E-state index contributed by atoms with van der Waals surface area (Å²) in [6, 6.07) is 11.6. The van der Waals surface area contributed by atoms with Crippen LogP contribution >= 0.6 is 11.6 Å². The minimum absolute atomic E-state index is 0.230. The highest BCUT2D eigenvalue weighted by Gasteiger charge is 2.50. The third-order valence-corrected chi connectivity index (χ3v) is 16.2. The van der Waals surface area contributed by atoms with E-state index in [1.165, 1.54) is 11.1 Å². The number of hydrogen-bond donors (Lipinski definition) is 1. The van der Waals surface area contributed by atoms with Crippen molar-refractivity contribution >= 4 is 39.9 Å². The number of fused-ring (bicyclic) bond motifs is 4. The van der Waals surface area contributed by atoms with Gasteiger partial charge in [0, 0.05) is 75.5 Å². The summed E-state index contributed by atoms with van der Waals surface area (Å²) in [5.74, 6) is 1.19. The van der Waals surface area contributed by atoms with Crippen molar-refractivity contribution in [3.05, 3.63) is 81.7 Å². The van der Waals surface area contributed by atoms with Crippen LogP contribution < -0.4 is 14.4 Å². The van der Waals surface area contributed by atoms with Crippen molar-refractivity contribution < 1.29 is 27.4 Å². The number of anilines is 1. The van der Waals surface area contributed by atoms with Crippen LogP contribution in [-0.4, -0.2) is 114 Å². The minimum Gasteiger partial charge on any atom is -0.495 e. The van der Waals surface area contributed by atoms with E-state index in [1.807, 2.05) is 46.1 Å². The highest BCUT2D eigenvalue weighted by Crippen LogP contribution is 2.49. The number of allylic oxidation sites excluding steroid dienone is 3. The molecule has 5 aliphatic rings. The van der Waals surface area contributed by atoms with Crippen LogP contribution in [0.5, 0.6) is 5.75 Å². The highest BCUT2D eigenvalue weighted by atomic mass is 35.5. The van der Waals surface area contributed by atoms with E-state index < -0.39 is 26.8 Å². The number of benzene rings is 2. The van der Waals surface area contributed by atoms with Crippen molar-refractivity contribution in [2.24, 2.45) is 22.7 Å². The number of carbonyl (C=O) groups excluding carboxylic acids is 1. The van der Waals surface area contributed by atoms with Gasteiger partial charge in [0.05, 0.1) is 23.2 Å². The second-order valence-electron chi connectivity index (χ2n) is 17.5. The molecule has 1 amide bonds. The molecule has 316 valence electrons. The number of nitrogens with zero attached hydrogens (tertiary/aromatic N) is 4. The third-order valence-electron chi connectivity index (χ3n) is 14.0. The summed E-state index contributed by atoms with van der Waals surface area (Å²) in [7, 11) is -2.14. The quantitative estimate of drug-likeness (QED) is 0.173. The first-order valence-corrected chi connectivity index (χ1v) is 23.0. The Morgan fingerprint density at radius 3 is 2.59 bits per heavy atom. The van der Waals surface area contributed by atoms with Gasteiger partial charge in [0.2, 0.25) is 10.0 Å². The fourth-order valence-corrected chi connectivity index (χ4v) is 11.4. The van der Waals surface area contributed by atoms with Crippen molar-refractivity contribution in [2.75, 3.05) is 77.6 Å². The summed E-state index contributed by atoms with van der Waals surface area (Å²) in [5.41, 5.74) is 3.61. The zero-order valence-electron chi connectivity index (χ0n) is 35.0. The van der Waals surface area contributed by atoms with E-state index in [0.717, 1.165) is 100 Å². The lowest BCUT2D eigenvalue weighted by Crippen LogP contribution is -2.59. The number of nitrogens with one attached hydrogen (secondary N) is 1. The normalized spacial score (nSPS) is 31.3. The molecule has 2 bridgehead atoms. The Morgan fingerprint density at radius 1 is 1.09 bits per heavy atom. The van der Waals surface area contributed by atoms with Gasteiger partial charge in [0.15, 0.2) is 0 Å². The summed E-state index contributed by atoms with van der Waals surface area (Å²) in [5, 5.41) is -0.0552. The number of sulfonamides is 1. The molecule has 3 heterocycles. The van der Waals surface area contributed by atoms with Crippen molar-refractivity contribution in [1.29, 1.82) is 0 Å². The summed E-state index contributed by atoms with van der Waals surface area (Å²) in [4.78, 5) is 25.1. The number of ether oxygens (including phenoxy) is 3. The first kappa shape index (κ1) is 42.7. The molecule has 11 nitrogen and oxygen atoms in total. The molecular weight excluding hydrogens is 774 g/mol. The first-order valence-electron chi connectivity index (χ1n) is 21.1. The number of rotatable bonds is 8. The monoisotopic (exact) mass is 835 g/mol. The highest BCUT2D eigenvalue weighted by molar-refractivity contribution is 7.90. The van der Waals surface area contributed by atoms with Gasteiger partial charge in [-0.05, 0) is 125 Å². The fourth-order valence-electron chi connectivity index (χ4n) is 9.87. The second-order valence-corrected chi connectivity index (χ2v) is 19.9. The number of aliphatic imine (C=N–C) groups is 1. The van der Waals surface area contributed by atoms with Crippen LogP contribution in [0.2, 0.25) is 5.02 Å². The smallest absolute Gasteiger partial charge is 0.264 e. The number of methoxy groups -OCH3 is 1. The molecule has 0 aromatic heterocycles. The van der Waals surface area contributed by atoms with E-state index in [-0.39, 0.29) is 17.3 Å². The molecule has 6 atom stereocenters. The van der Waals surface area contributed by atoms with E-state index in [1.54, 1.807) is 13.0 Å². The first-order chi connectivity index (χ1) is 27.8. The van der Waals surface area contributed by atoms with Crippen molar-refractivity contribution in [3.63, 3.8) is 0 Å². The molecule has 0 unspecified atom stereocenters. The van der Waals surface area contributed by atoms with Gasteiger partial charge in [0.25, 0.3) is 5.91 Å². The van der Waals surface area contributed by atoms with E-state index in [4.69, 9.17) is 25.8 Å². The number of halogens is 1. The van der Waals surface area contributed by atoms with Crippen LogP contribution in [0, 0.1) is 17.8 Å². The van der Waals surface area contributed by atoms with Gasteiger partial charge >= 0.3 is 0 Å². The lowest BCUT2D eigenvalue weighted by molar-refractivity contribution is -0.0957. The van der Waals surface area contributed by atoms with Gasteiger partial charge in [-0.15, -0.1) is 0 Å². The zero-order valence-corrected chi connectivity index (χ0v) is 36.5. The fraction of sp³-hybridized carbons (Fsp3) is 0.600. The van der Waals surface area contributed by atoms with Crippen molar-refractivity contribution in [3.8, 4) is 5.75 Å². The number of hydrogen-bond acceptors (Lipinski definition) is 10. The van der Waals surface area contributed by atoms with Crippen LogP contribution in [0.25, 0.3) is 0 Å². The Morgan fingerprint density at radius 2 is 1.86 bits per heavy atom. The topological polar surface area (TPSA) is 113 Å². The average molecular weight is 837 g/mol. The summed E-state index contributed by atoms with van der Waals surface area (Å²) in [6.07, 6.45) is 9.96. The number of amides is 1. The molecule has 1 N–H and O–H groups in total. The van der Waals surface area contributed by atoms with Gasteiger partial charge in [-0.25, -0.2) is 13.1 Å².